The Morgan fingerprint density at radius 3 is 2.57 bits per heavy atom. The fourth-order valence-corrected chi connectivity index (χ4v) is 3.81. The number of hydrogen-bond donors (Lipinski definition) is 1. The van der Waals surface area contributed by atoms with Crippen molar-refractivity contribution in [3.8, 4) is 11.4 Å². The molecule has 1 N–H and O–H groups in total. The number of methoxy groups -OCH3 is 1. The molecular formula is C21H16F3N3O2S. The Labute approximate surface area is 173 Å². The number of aromatic nitrogens is 2. The zero-order valence-electron chi connectivity index (χ0n) is 15.7. The number of carbonyl (C=O) groups is 1. The van der Waals surface area contributed by atoms with E-state index in [9.17, 15) is 18.0 Å². The number of amides is 1. The van der Waals surface area contributed by atoms with Crippen LogP contribution in [0.2, 0.25) is 0 Å². The number of anilines is 1. The maximum Gasteiger partial charge on any atom is 0.450 e. The topological polar surface area (TPSA) is 56.1 Å². The van der Waals surface area contributed by atoms with Crippen molar-refractivity contribution in [1.29, 1.82) is 0 Å². The molecule has 0 atom stereocenters. The van der Waals surface area contributed by atoms with Crippen molar-refractivity contribution in [2.75, 3.05) is 12.4 Å². The first-order valence-corrected chi connectivity index (χ1v) is 9.79. The largest absolute Gasteiger partial charge is 0.497 e. The first kappa shape index (κ1) is 20.0. The van der Waals surface area contributed by atoms with Gasteiger partial charge < -0.3 is 10.1 Å². The first-order valence-electron chi connectivity index (χ1n) is 8.91. The van der Waals surface area contributed by atoms with Crippen LogP contribution in [-0.4, -0.2) is 22.6 Å². The molecule has 4 aromatic rings. The summed E-state index contributed by atoms with van der Waals surface area (Å²) in [6.07, 6.45) is -4.40. The smallest absolute Gasteiger partial charge is 0.450 e. The van der Waals surface area contributed by atoms with Gasteiger partial charge in [0.1, 0.15) is 5.75 Å². The fraction of sp³-hybridized carbons (Fsp3) is 0.143. The number of benzene rings is 2. The van der Waals surface area contributed by atoms with Crippen LogP contribution >= 0.6 is 11.3 Å². The second-order valence-electron chi connectivity index (χ2n) is 6.47. The first-order chi connectivity index (χ1) is 14.3. The predicted molar refractivity (Wildman–Crippen MR) is 109 cm³/mol. The van der Waals surface area contributed by atoms with Crippen LogP contribution in [0.15, 0.2) is 60.0 Å². The summed E-state index contributed by atoms with van der Waals surface area (Å²) in [6, 6.07) is 14.5. The van der Waals surface area contributed by atoms with Crippen molar-refractivity contribution < 1.29 is 22.7 Å². The van der Waals surface area contributed by atoms with Crippen molar-refractivity contribution in [2.45, 2.75) is 12.6 Å². The molecule has 0 aliphatic carbocycles. The molecular weight excluding hydrogens is 415 g/mol. The average Bonchev–Trinajstić information content (AvgIpc) is 3.35. The quantitative estimate of drug-likeness (QED) is 0.467. The number of alkyl halides is 3. The number of halogens is 3. The molecule has 0 fully saturated rings. The second-order valence-corrected chi connectivity index (χ2v) is 7.51. The van der Waals surface area contributed by atoms with E-state index in [2.05, 4.69) is 10.3 Å². The van der Waals surface area contributed by atoms with Crippen LogP contribution in [0.4, 0.5) is 18.9 Å². The van der Waals surface area contributed by atoms with E-state index in [4.69, 9.17) is 4.74 Å². The molecule has 1 amide bonds. The zero-order valence-corrected chi connectivity index (χ0v) is 16.6. The lowest BCUT2D eigenvalue weighted by Gasteiger charge is -2.12. The van der Waals surface area contributed by atoms with Gasteiger partial charge in [0.05, 0.1) is 24.6 Å². The van der Waals surface area contributed by atoms with Gasteiger partial charge in [0.25, 0.3) is 0 Å². The molecule has 0 saturated heterocycles. The van der Waals surface area contributed by atoms with E-state index in [1.54, 1.807) is 18.2 Å². The fourth-order valence-electron chi connectivity index (χ4n) is 3.11. The second kappa shape index (κ2) is 7.83. The number of ether oxygens (including phenoxy) is 1. The molecule has 0 bridgehead atoms. The third kappa shape index (κ3) is 4.02. The summed E-state index contributed by atoms with van der Waals surface area (Å²) in [5.74, 6) is -0.800. The van der Waals surface area contributed by atoms with E-state index in [0.29, 0.717) is 17.0 Å². The monoisotopic (exact) mass is 431 g/mol. The lowest BCUT2D eigenvalue weighted by atomic mass is 10.2. The summed E-state index contributed by atoms with van der Waals surface area (Å²) in [7, 11) is 1.44. The normalized spacial score (nSPS) is 11.6. The molecule has 0 spiro atoms. The highest BCUT2D eigenvalue weighted by Gasteiger charge is 2.38. The number of fused-ring (bicyclic) bond motifs is 1. The highest BCUT2D eigenvalue weighted by molar-refractivity contribution is 7.10. The molecule has 0 aliphatic heterocycles. The molecule has 5 nitrogen and oxygen atoms in total. The van der Waals surface area contributed by atoms with Crippen LogP contribution < -0.4 is 10.1 Å². The minimum atomic E-state index is -4.64. The van der Waals surface area contributed by atoms with Crippen LogP contribution in [0.3, 0.4) is 0 Å². The van der Waals surface area contributed by atoms with Gasteiger partial charge in [0.15, 0.2) is 0 Å². The SMILES string of the molecule is COc1ccc2c(c1)nc(C(F)(F)F)n2-c1ccc(NC(=O)Cc2cccs2)cc1. The maximum atomic E-state index is 13.6. The van der Waals surface area contributed by atoms with Gasteiger partial charge in [-0.25, -0.2) is 4.98 Å². The van der Waals surface area contributed by atoms with Crippen LogP contribution in [0.5, 0.6) is 5.75 Å². The maximum absolute atomic E-state index is 13.6. The lowest BCUT2D eigenvalue weighted by molar-refractivity contribution is -0.145. The summed E-state index contributed by atoms with van der Waals surface area (Å²) in [6.45, 7) is 0. The Morgan fingerprint density at radius 2 is 1.93 bits per heavy atom. The number of carbonyl (C=O) groups excluding carboxylic acids is 1. The molecule has 0 radical (unpaired) electrons. The van der Waals surface area contributed by atoms with Crippen molar-refractivity contribution in [3.63, 3.8) is 0 Å². The Bertz CT molecular complexity index is 1180. The summed E-state index contributed by atoms with van der Waals surface area (Å²) < 4.78 is 47.0. The molecule has 4 rings (SSSR count). The number of thiophene rings is 1. The van der Waals surface area contributed by atoms with E-state index < -0.39 is 12.0 Å². The minimum Gasteiger partial charge on any atom is -0.497 e. The van der Waals surface area contributed by atoms with Crippen LogP contribution in [0, 0.1) is 0 Å². The molecule has 0 aliphatic rings. The van der Waals surface area contributed by atoms with Gasteiger partial charge in [0, 0.05) is 22.3 Å². The molecule has 30 heavy (non-hydrogen) atoms. The number of hydrogen-bond acceptors (Lipinski definition) is 4. The third-order valence-corrected chi connectivity index (χ3v) is 5.32. The zero-order chi connectivity index (χ0) is 21.3. The lowest BCUT2D eigenvalue weighted by Crippen LogP contribution is -2.15. The van der Waals surface area contributed by atoms with E-state index in [-0.39, 0.29) is 23.5 Å². The Balaban J connectivity index is 1.65. The van der Waals surface area contributed by atoms with Gasteiger partial charge in [-0.2, -0.15) is 13.2 Å². The third-order valence-electron chi connectivity index (χ3n) is 4.44. The summed E-state index contributed by atoms with van der Waals surface area (Å²) in [5.41, 5.74) is 1.26. The molecule has 9 heteroatoms. The van der Waals surface area contributed by atoms with Crippen LogP contribution in [-0.2, 0) is 17.4 Å². The molecule has 2 aromatic heterocycles. The number of nitrogens with zero attached hydrogens (tertiary/aromatic N) is 2. The molecule has 0 unspecified atom stereocenters. The van der Waals surface area contributed by atoms with Gasteiger partial charge in [-0.1, -0.05) is 6.07 Å². The van der Waals surface area contributed by atoms with E-state index in [1.165, 1.54) is 42.7 Å². The molecule has 0 saturated carbocycles. The highest BCUT2D eigenvalue weighted by Crippen LogP contribution is 2.35. The highest BCUT2D eigenvalue weighted by atomic mass is 32.1. The van der Waals surface area contributed by atoms with E-state index >= 15 is 0 Å². The van der Waals surface area contributed by atoms with Crippen LogP contribution in [0.1, 0.15) is 10.7 Å². The van der Waals surface area contributed by atoms with Crippen molar-refractivity contribution in [3.05, 3.63) is 70.7 Å². The van der Waals surface area contributed by atoms with Crippen molar-refractivity contribution in [1.82, 2.24) is 9.55 Å². The van der Waals surface area contributed by atoms with E-state index in [0.717, 1.165) is 9.44 Å². The molecule has 154 valence electrons. The molecule has 2 aromatic carbocycles. The van der Waals surface area contributed by atoms with Crippen molar-refractivity contribution in [2.24, 2.45) is 0 Å². The number of rotatable bonds is 5. The number of imidazole rings is 1. The Hall–Kier alpha value is -3.33. The van der Waals surface area contributed by atoms with Gasteiger partial charge in [-0.05, 0) is 47.8 Å². The van der Waals surface area contributed by atoms with Crippen molar-refractivity contribution >= 4 is 34.0 Å². The summed E-state index contributed by atoms with van der Waals surface area (Å²) in [4.78, 5) is 16.8. The van der Waals surface area contributed by atoms with Gasteiger partial charge in [0.2, 0.25) is 11.7 Å². The van der Waals surface area contributed by atoms with E-state index in [1.807, 2.05) is 17.5 Å². The van der Waals surface area contributed by atoms with Gasteiger partial charge >= 0.3 is 6.18 Å². The Kier molecular flexibility index (Phi) is 5.21. The Morgan fingerprint density at radius 1 is 1.17 bits per heavy atom. The summed E-state index contributed by atoms with van der Waals surface area (Å²) in [5, 5.41) is 4.64. The van der Waals surface area contributed by atoms with Gasteiger partial charge in [-0.15, -0.1) is 11.3 Å². The summed E-state index contributed by atoms with van der Waals surface area (Å²) >= 11 is 1.48. The average molecular weight is 431 g/mol. The minimum absolute atomic E-state index is 0.176. The van der Waals surface area contributed by atoms with Gasteiger partial charge in [-0.3, -0.25) is 9.36 Å². The predicted octanol–water partition coefficient (Wildman–Crippen LogP) is 5.30. The molecule has 2 heterocycles. The van der Waals surface area contributed by atoms with Crippen LogP contribution in [0.25, 0.3) is 16.7 Å². The standard InChI is InChI=1S/C21H16F3N3O2S/c1-29-15-8-9-18-17(11-15)26-20(21(22,23)24)27(18)14-6-4-13(5-7-14)25-19(28)12-16-3-2-10-30-16/h2-11H,12H2,1H3,(H,25,28). The number of nitrogens with one attached hydrogen (secondary N) is 1.